The minimum Gasteiger partial charge on any atom is -0.324 e. The zero-order valence-electron chi connectivity index (χ0n) is 12.0. The van der Waals surface area contributed by atoms with Gasteiger partial charge in [0, 0.05) is 12.1 Å². The van der Waals surface area contributed by atoms with Crippen LogP contribution < -0.4 is 15.6 Å². The van der Waals surface area contributed by atoms with Gasteiger partial charge < -0.3 is 5.73 Å². The molecular formula is C12H21N3O4S2. The predicted octanol–water partition coefficient (Wildman–Crippen LogP) is 0.130. The van der Waals surface area contributed by atoms with E-state index in [0.717, 1.165) is 6.07 Å². The van der Waals surface area contributed by atoms with Crippen LogP contribution in [0.15, 0.2) is 34.1 Å². The first-order valence-corrected chi connectivity index (χ1v) is 9.48. The fourth-order valence-electron chi connectivity index (χ4n) is 1.64. The third-order valence-corrected chi connectivity index (χ3v) is 5.78. The molecule has 120 valence electrons. The highest BCUT2D eigenvalue weighted by atomic mass is 32.2. The van der Waals surface area contributed by atoms with E-state index in [0.29, 0.717) is 12.8 Å². The molecule has 1 rings (SSSR count). The van der Waals surface area contributed by atoms with Crippen molar-refractivity contribution in [1.82, 2.24) is 4.72 Å². The van der Waals surface area contributed by atoms with E-state index in [4.69, 9.17) is 10.9 Å². The van der Waals surface area contributed by atoms with Gasteiger partial charge >= 0.3 is 0 Å². The summed E-state index contributed by atoms with van der Waals surface area (Å²) in [5.41, 5.74) is 5.40. The average Bonchev–Trinajstić information content (AvgIpc) is 2.44. The molecule has 0 aliphatic heterocycles. The highest BCUT2D eigenvalue weighted by molar-refractivity contribution is 7.90. The Bertz CT molecular complexity index is 695. The van der Waals surface area contributed by atoms with Gasteiger partial charge in [0.25, 0.3) is 0 Å². The zero-order valence-corrected chi connectivity index (χ0v) is 13.7. The van der Waals surface area contributed by atoms with Crippen LogP contribution in [0.3, 0.4) is 0 Å². The van der Waals surface area contributed by atoms with E-state index in [1.54, 1.807) is 0 Å². The second-order valence-electron chi connectivity index (χ2n) is 4.91. The Morgan fingerprint density at radius 3 is 2.10 bits per heavy atom. The molecule has 0 aliphatic carbocycles. The van der Waals surface area contributed by atoms with E-state index in [-0.39, 0.29) is 16.3 Å². The van der Waals surface area contributed by atoms with Crippen LogP contribution in [0.1, 0.15) is 26.7 Å². The molecule has 0 saturated carbocycles. The zero-order chi connectivity index (χ0) is 16.3. The molecule has 0 bridgehead atoms. The molecule has 0 spiro atoms. The predicted molar refractivity (Wildman–Crippen MR) is 80.5 cm³/mol. The highest BCUT2D eigenvalue weighted by Gasteiger charge is 2.24. The van der Waals surface area contributed by atoms with Gasteiger partial charge in [-0.15, -0.1) is 0 Å². The summed E-state index contributed by atoms with van der Waals surface area (Å²) in [6.45, 7) is 3.82. The summed E-state index contributed by atoms with van der Waals surface area (Å²) < 4.78 is 49.3. The molecule has 0 unspecified atom stereocenters. The maximum atomic E-state index is 12.2. The number of nitrogens with one attached hydrogen (secondary N) is 1. The number of nitrogens with two attached hydrogens (primary N) is 2. The van der Waals surface area contributed by atoms with Crippen molar-refractivity contribution in [3.05, 3.63) is 24.3 Å². The van der Waals surface area contributed by atoms with Crippen molar-refractivity contribution in [2.75, 3.05) is 6.54 Å². The van der Waals surface area contributed by atoms with E-state index < -0.39 is 25.6 Å². The fraction of sp³-hybridized carbons (Fsp3) is 0.500. The summed E-state index contributed by atoms with van der Waals surface area (Å²) in [7, 11) is -7.80. The minimum absolute atomic E-state index is 0.0714. The van der Waals surface area contributed by atoms with Crippen LogP contribution in [0.25, 0.3) is 0 Å². The second-order valence-corrected chi connectivity index (χ2v) is 8.24. The van der Waals surface area contributed by atoms with Crippen LogP contribution in [-0.2, 0) is 20.0 Å². The lowest BCUT2D eigenvalue weighted by Crippen LogP contribution is -2.49. The summed E-state index contributed by atoms with van der Waals surface area (Å²) in [6, 6.07) is 4.88. The van der Waals surface area contributed by atoms with Gasteiger partial charge in [0.15, 0.2) is 0 Å². The quantitative estimate of drug-likeness (QED) is 0.651. The molecular weight excluding hydrogens is 314 g/mol. The summed E-state index contributed by atoms with van der Waals surface area (Å²) in [6.07, 6.45) is 1.23. The van der Waals surface area contributed by atoms with Gasteiger partial charge in [-0.3, -0.25) is 0 Å². The molecule has 0 fully saturated rings. The number of rotatable bonds is 7. The van der Waals surface area contributed by atoms with Crippen molar-refractivity contribution in [3.63, 3.8) is 0 Å². The minimum atomic E-state index is -3.96. The molecule has 5 N–H and O–H groups in total. The summed E-state index contributed by atoms with van der Waals surface area (Å²) >= 11 is 0. The maximum absolute atomic E-state index is 12.2. The average molecular weight is 335 g/mol. The highest BCUT2D eigenvalue weighted by Crippen LogP contribution is 2.16. The molecule has 1 aromatic carbocycles. The normalized spacial score (nSPS) is 13.3. The Morgan fingerprint density at radius 1 is 1.10 bits per heavy atom. The largest absolute Gasteiger partial charge is 0.324 e. The van der Waals surface area contributed by atoms with Crippen LogP contribution in [0.2, 0.25) is 0 Å². The number of primary sulfonamides is 1. The topological polar surface area (TPSA) is 132 Å². The molecule has 0 radical (unpaired) electrons. The monoisotopic (exact) mass is 335 g/mol. The summed E-state index contributed by atoms with van der Waals surface area (Å²) in [4.78, 5) is -0.418. The Morgan fingerprint density at radius 2 is 1.62 bits per heavy atom. The van der Waals surface area contributed by atoms with Gasteiger partial charge in [-0.1, -0.05) is 19.9 Å². The van der Waals surface area contributed by atoms with E-state index in [2.05, 4.69) is 4.72 Å². The first-order chi connectivity index (χ1) is 9.54. The van der Waals surface area contributed by atoms with Crippen LogP contribution in [-0.4, -0.2) is 28.9 Å². The fourth-order valence-corrected chi connectivity index (χ4v) is 3.46. The van der Waals surface area contributed by atoms with Crippen LogP contribution in [0.5, 0.6) is 0 Å². The number of hydrogen-bond acceptors (Lipinski definition) is 5. The van der Waals surface area contributed by atoms with E-state index >= 15 is 0 Å². The van der Waals surface area contributed by atoms with Crippen LogP contribution in [0, 0.1) is 0 Å². The van der Waals surface area contributed by atoms with Crippen molar-refractivity contribution in [3.8, 4) is 0 Å². The third kappa shape index (κ3) is 4.75. The lowest BCUT2D eigenvalue weighted by atomic mass is 9.95. The Balaban J connectivity index is 3.04. The van der Waals surface area contributed by atoms with Gasteiger partial charge in [0.2, 0.25) is 20.0 Å². The Hall–Kier alpha value is -1.00. The van der Waals surface area contributed by atoms with Gasteiger partial charge in [-0.25, -0.2) is 26.7 Å². The molecule has 0 aromatic heterocycles. The number of benzene rings is 1. The SMILES string of the molecule is CCC(N)(CC)CNS(=O)(=O)c1cccc(S(N)(=O)=O)c1. The maximum Gasteiger partial charge on any atom is 0.240 e. The first-order valence-electron chi connectivity index (χ1n) is 6.45. The van der Waals surface area contributed by atoms with Gasteiger partial charge in [0.05, 0.1) is 9.79 Å². The Kier molecular flexibility index (Phi) is 5.51. The van der Waals surface area contributed by atoms with Crippen LogP contribution in [0.4, 0.5) is 0 Å². The van der Waals surface area contributed by atoms with Gasteiger partial charge in [-0.05, 0) is 31.0 Å². The summed E-state index contributed by atoms with van der Waals surface area (Å²) in [5, 5.41) is 4.99. The van der Waals surface area contributed by atoms with Crippen LogP contribution >= 0.6 is 0 Å². The number of sulfonamides is 2. The van der Waals surface area contributed by atoms with Crippen molar-refractivity contribution < 1.29 is 16.8 Å². The van der Waals surface area contributed by atoms with Crippen molar-refractivity contribution in [2.45, 2.75) is 42.0 Å². The van der Waals surface area contributed by atoms with E-state index in [1.165, 1.54) is 18.2 Å². The molecule has 0 amide bonds. The second kappa shape index (κ2) is 6.41. The van der Waals surface area contributed by atoms with Crippen molar-refractivity contribution in [1.29, 1.82) is 0 Å². The van der Waals surface area contributed by atoms with Crippen molar-refractivity contribution in [2.24, 2.45) is 10.9 Å². The molecule has 0 atom stereocenters. The Labute approximate surface area is 125 Å². The molecule has 0 heterocycles. The van der Waals surface area contributed by atoms with Gasteiger partial charge in [0.1, 0.15) is 0 Å². The van der Waals surface area contributed by atoms with Gasteiger partial charge in [-0.2, -0.15) is 0 Å². The molecule has 0 saturated heterocycles. The molecule has 1 aromatic rings. The smallest absolute Gasteiger partial charge is 0.240 e. The van der Waals surface area contributed by atoms with Crippen molar-refractivity contribution >= 4 is 20.0 Å². The third-order valence-electron chi connectivity index (χ3n) is 3.47. The molecule has 21 heavy (non-hydrogen) atoms. The first kappa shape index (κ1) is 18.1. The van der Waals surface area contributed by atoms with E-state index in [1.807, 2.05) is 13.8 Å². The lowest BCUT2D eigenvalue weighted by Gasteiger charge is -2.26. The molecule has 9 heteroatoms. The summed E-state index contributed by atoms with van der Waals surface area (Å²) in [5.74, 6) is 0. The molecule has 0 aliphatic rings. The number of hydrogen-bond donors (Lipinski definition) is 3. The molecule has 7 nitrogen and oxygen atoms in total. The lowest BCUT2D eigenvalue weighted by molar-refractivity contribution is 0.391. The van der Waals surface area contributed by atoms with E-state index in [9.17, 15) is 16.8 Å². The standard InChI is InChI=1S/C12H21N3O4S2/c1-3-12(13,4-2)9-15-21(18,19)11-7-5-6-10(8-11)20(14,16)17/h5-8,15H,3-4,9,13H2,1-2H3,(H2,14,16,17).